The number of hydrogen-bond donors (Lipinski definition) is 1. The number of likely N-dealkylation sites (N-methyl/N-ethyl adjacent to an activating group) is 1. The number of nitrogens with zero attached hydrogens (tertiary/aromatic N) is 2. The highest BCUT2D eigenvalue weighted by Crippen LogP contribution is 2.23. The second-order valence-corrected chi connectivity index (χ2v) is 4.73. The molecule has 1 N–H and O–H groups in total. The number of carbonyl (C=O) groups excluding carboxylic acids is 1. The van der Waals surface area contributed by atoms with E-state index in [1.54, 1.807) is 24.0 Å². The third kappa shape index (κ3) is 3.08. The average Bonchev–Trinajstić information content (AvgIpc) is 2.86. The molecule has 1 amide bonds. The highest BCUT2D eigenvalue weighted by atomic mass is 35.5. The van der Waals surface area contributed by atoms with Gasteiger partial charge in [0.25, 0.3) is 11.6 Å². The number of halogens is 1. The summed E-state index contributed by atoms with van der Waals surface area (Å²) < 4.78 is 0. The Morgan fingerprint density at radius 2 is 2.20 bits per heavy atom. The van der Waals surface area contributed by atoms with E-state index >= 15 is 0 Å². The molecule has 1 aromatic rings. The molecule has 110 valence electrons. The molecule has 0 bridgehead atoms. The molecule has 0 aliphatic carbocycles. The fraction of sp³-hybridized carbons (Fsp3) is 0.462. The first-order chi connectivity index (χ1) is 9.04. The van der Waals surface area contributed by atoms with Crippen LogP contribution in [0.2, 0.25) is 0 Å². The van der Waals surface area contributed by atoms with Crippen LogP contribution >= 0.6 is 12.4 Å². The van der Waals surface area contributed by atoms with Gasteiger partial charge in [0.15, 0.2) is 0 Å². The van der Waals surface area contributed by atoms with Crippen molar-refractivity contribution in [3.63, 3.8) is 0 Å². The van der Waals surface area contributed by atoms with Crippen LogP contribution in [0.15, 0.2) is 18.2 Å². The van der Waals surface area contributed by atoms with Gasteiger partial charge in [-0.3, -0.25) is 14.9 Å². The summed E-state index contributed by atoms with van der Waals surface area (Å²) in [5.41, 5.74) is 0.853. The zero-order chi connectivity index (χ0) is 14.0. The molecule has 0 radical (unpaired) electrons. The highest BCUT2D eigenvalue weighted by Gasteiger charge is 2.28. The third-order valence-corrected chi connectivity index (χ3v) is 3.62. The zero-order valence-electron chi connectivity index (χ0n) is 11.5. The number of hydrogen-bond acceptors (Lipinski definition) is 4. The van der Waals surface area contributed by atoms with Gasteiger partial charge in [0.1, 0.15) is 0 Å². The molecule has 2 rings (SSSR count). The van der Waals surface area contributed by atoms with Crippen molar-refractivity contribution >= 4 is 24.0 Å². The predicted molar refractivity (Wildman–Crippen MR) is 78.4 cm³/mol. The molecule has 1 aliphatic heterocycles. The molecule has 0 saturated carbocycles. The molecular weight excluding hydrogens is 282 g/mol. The second kappa shape index (κ2) is 6.67. The van der Waals surface area contributed by atoms with E-state index in [-0.39, 0.29) is 24.0 Å². The molecule has 1 saturated heterocycles. The maximum Gasteiger partial charge on any atom is 0.273 e. The average molecular weight is 300 g/mol. The lowest BCUT2D eigenvalue weighted by molar-refractivity contribution is -0.385. The Kier molecular flexibility index (Phi) is 5.47. The minimum atomic E-state index is -0.452. The number of benzene rings is 1. The smallest absolute Gasteiger partial charge is 0.273 e. The van der Waals surface area contributed by atoms with Crippen molar-refractivity contribution in [1.29, 1.82) is 0 Å². The topological polar surface area (TPSA) is 75.5 Å². The number of rotatable bonds is 3. The van der Waals surface area contributed by atoms with E-state index in [9.17, 15) is 14.9 Å². The SMILES string of the molecule is CNC1CCN(C(=O)c2cccc([N+](=O)[O-])c2C)C1.Cl. The van der Waals surface area contributed by atoms with Gasteiger partial charge in [0.2, 0.25) is 0 Å². The molecule has 1 atom stereocenters. The lowest BCUT2D eigenvalue weighted by atomic mass is 10.1. The van der Waals surface area contributed by atoms with Gasteiger partial charge in [0, 0.05) is 36.3 Å². The summed E-state index contributed by atoms with van der Waals surface area (Å²) in [6.45, 7) is 2.96. The van der Waals surface area contributed by atoms with Crippen molar-refractivity contribution in [2.24, 2.45) is 0 Å². The summed E-state index contributed by atoms with van der Waals surface area (Å²) in [6, 6.07) is 4.94. The van der Waals surface area contributed by atoms with E-state index in [0.29, 0.717) is 30.3 Å². The van der Waals surface area contributed by atoms with Crippen LogP contribution in [0.3, 0.4) is 0 Å². The largest absolute Gasteiger partial charge is 0.337 e. The summed E-state index contributed by atoms with van der Waals surface area (Å²) in [5.74, 6) is -0.126. The molecule has 1 fully saturated rings. The Bertz CT molecular complexity index is 522. The lowest BCUT2D eigenvalue weighted by Crippen LogP contribution is -2.33. The molecule has 1 aromatic carbocycles. The third-order valence-electron chi connectivity index (χ3n) is 3.62. The van der Waals surface area contributed by atoms with Crippen molar-refractivity contribution in [1.82, 2.24) is 10.2 Å². The fourth-order valence-corrected chi connectivity index (χ4v) is 2.40. The Hall–Kier alpha value is -1.66. The fourth-order valence-electron chi connectivity index (χ4n) is 2.40. The summed E-state index contributed by atoms with van der Waals surface area (Å²) >= 11 is 0. The number of nitro benzene ring substituents is 1. The maximum atomic E-state index is 12.4. The molecule has 1 aliphatic rings. The molecule has 1 heterocycles. The van der Waals surface area contributed by atoms with Crippen molar-refractivity contribution in [2.45, 2.75) is 19.4 Å². The number of nitro groups is 1. The highest BCUT2D eigenvalue weighted by molar-refractivity contribution is 5.96. The van der Waals surface area contributed by atoms with Crippen LogP contribution < -0.4 is 5.32 Å². The minimum absolute atomic E-state index is 0. The number of amides is 1. The van der Waals surface area contributed by atoms with Crippen LogP contribution in [0.4, 0.5) is 5.69 Å². The Labute approximate surface area is 123 Å². The number of carbonyl (C=O) groups is 1. The summed E-state index contributed by atoms with van der Waals surface area (Å²) in [5, 5.41) is 14.0. The first kappa shape index (κ1) is 16.4. The number of nitrogens with one attached hydrogen (secondary N) is 1. The normalized spacial score (nSPS) is 17.7. The standard InChI is InChI=1S/C13H17N3O3.ClH/c1-9-11(4-3-5-12(9)16(18)19)13(17)15-7-6-10(8-15)14-2;/h3-5,10,14H,6-8H2,1-2H3;1H. The van der Waals surface area contributed by atoms with Crippen LogP contribution in [0, 0.1) is 17.0 Å². The summed E-state index contributed by atoms with van der Waals surface area (Å²) in [7, 11) is 1.87. The number of likely N-dealkylation sites (tertiary alicyclic amines) is 1. The van der Waals surface area contributed by atoms with E-state index in [1.807, 2.05) is 7.05 Å². The van der Waals surface area contributed by atoms with Gasteiger partial charge in [-0.05, 0) is 26.5 Å². The van der Waals surface area contributed by atoms with Gasteiger partial charge in [-0.2, -0.15) is 0 Å². The van der Waals surface area contributed by atoms with Gasteiger partial charge >= 0.3 is 0 Å². The van der Waals surface area contributed by atoms with Crippen molar-refractivity contribution < 1.29 is 9.72 Å². The van der Waals surface area contributed by atoms with Gasteiger partial charge in [-0.15, -0.1) is 12.4 Å². The van der Waals surface area contributed by atoms with E-state index in [2.05, 4.69) is 5.32 Å². The molecule has 0 spiro atoms. The molecule has 6 nitrogen and oxygen atoms in total. The summed E-state index contributed by atoms with van der Waals surface area (Å²) in [6.07, 6.45) is 0.913. The van der Waals surface area contributed by atoms with Gasteiger partial charge in [-0.1, -0.05) is 6.07 Å². The van der Waals surface area contributed by atoms with E-state index in [4.69, 9.17) is 0 Å². The second-order valence-electron chi connectivity index (χ2n) is 4.73. The predicted octanol–water partition coefficient (Wildman–Crippen LogP) is 1.76. The van der Waals surface area contributed by atoms with Gasteiger partial charge in [0.05, 0.1) is 4.92 Å². The van der Waals surface area contributed by atoms with Crippen molar-refractivity contribution in [2.75, 3.05) is 20.1 Å². The quantitative estimate of drug-likeness (QED) is 0.681. The molecular formula is C13H18ClN3O3. The van der Waals surface area contributed by atoms with Crippen molar-refractivity contribution in [3.05, 3.63) is 39.4 Å². The summed E-state index contributed by atoms with van der Waals surface area (Å²) in [4.78, 5) is 24.6. The first-order valence-corrected chi connectivity index (χ1v) is 6.25. The molecule has 20 heavy (non-hydrogen) atoms. The van der Waals surface area contributed by atoms with Crippen LogP contribution in [-0.2, 0) is 0 Å². The maximum absolute atomic E-state index is 12.4. The van der Waals surface area contributed by atoms with Crippen LogP contribution in [0.1, 0.15) is 22.3 Å². The van der Waals surface area contributed by atoms with E-state index < -0.39 is 4.92 Å². The molecule has 1 unspecified atom stereocenters. The van der Waals surface area contributed by atoms with Crippen LogP contribution in [-0.4, -0.2) is 41.9 Å². The van der Waals surface area contributed by atoms with E-state index in [1.165, 1.54) is 6.07 Å². The Balaban J connectivity index is 0.00000200. The van der Waals surface area contributed by atoms with Gasteiger partial charge in [-0.25, -0.2) is 0 Å². The monoisotopic (exact) mass is 299 g/mol. The Morgan fingerprint density at radius 3 is 2.75 bits per heavy atom. The van der Waals surface area contributed by atoms with Crippen LogP contribution in [0.25, 0.3) is 0 Å². The first-order valence-electron chi connectivity index (χ1n) is 6.25. The zero-order valence-corrected chi connectivity index (χ0v) is 12.3. The minimum Gasteiger partial charge on any atom is -0.337 e. The van der Waals surface area contributed by atoms with Gasteiger partial charge < -0.3 is 10.2 Å². The van der Waals surface area contributed by atoms with E-state index in [0.717, 1.165) is 6.42 Å². The van der Waals surface area contributed by atoms with Crippen molar-refractivity contribution in [3.8, 4) is 0 Å². The van der Waals surface area contributed by atoms with Crippen LogP contribution in [0.5, 0.6) is 0 Å². The molecule has 7 heteroatoms. The lowest BCUT2D eigenvalue weighted by Gasteiger charge is -2.17. The molecule has 0 aromatic heterocycles. The Morgan fingerprint density at radius 1 is 1.50 bits per heavy atom.